The molecule has 0 saturated heterocycles. The zero-order valence-corrected chi connectivity index (χ0v) is 3.07. The summed E-state index contributed by atoms with van der Waals surface area (Å²) >= 11 is -2.00. The van der Waals surface area contributed by atoms with Gasteiger partial charge in [-0.2, -0.15) is 0 Å². The van der Waals surface area contributed by atoms with Crippen molar-refractivity contribution in [3.8, 4) is 0 Å². The quantitative estimate of drug-likeness (QED) is 0.344. The first-order valence-corrected chi connectivity index (χ1v) is 1.94. The van der Waals surface area contributed by atoms with Crippen LogP contribution >= 0.6 is 0 Å². The van der Waals surface area contributed by atoms with Crippen LogP contribution in [0.15, 0.2) is 4.58 Å². The molecular formula is H2N2O2S. The number of nitrogens with two attached hydrogens (primary N) is 1. The summed E-state index contributed by atoms with van der Waals surface area (Å²) in [7, 11) is 0. The van der Waals surface area contributed by atoms with Gasteiger partial charge in [-0.05, 0) is 0 Å². The van der Waals surface area contributed by atoms with Crippen molar-refractivity contribution < 1.29 is 4.55 Å². The molecule has 30 valence electrons. The second kappa shape index (κ2) is 2.13. The van der Waals surface area contributed by atoms with Crippen LogP contribution in [0.3, 0.4) is 0 Å². The number of nitroso groups, excluding NO2 is 1. The summed E-state index contributed by atoms with van der Waals surface area (Å²) in [6.07, 6.45) is 0. The van der Waals surface area contributed by atoms with Crippen LogP contribution in [0.5, 0.6) is 0 Å². The second-order valence-corrected chi connectivity index (χ2v) is 1.05. The molecule has 0 saturated carbocycles. The fraction of sp³-hybridized carbons (Fsp3) is 0. The summed E-state index contributed by atoms with van der Waals surface area (Å²) in [5, 5.41) is 4.28. The van der Waals surface area contributed by atoms with E-state index in [2.05, 4.69) is 5.14 Å². The minimum atomic E-state index is -2.00. The van der Waals surface area contributed by atoms with E-state index >= 15 is 0 Å². The van der Waals surface area contributed by atoms with Crippen molar-refractivity contribution >= 4 is 11.5 Å². The molecule has 0 rings (SSSR count). The minimum absolute atomic E-state index is 1.89. The molecule has 1 unspecified atom stereocenters. The maximum atomic E-state index is 9.22. The highest BCUT2D eigenvalue weighted by atomic mass is 32.2. The van der Waals surface area contributed by atoms with E-state index in [0.29, 0.717) is 0 Å². The zero-order chi connectivity index (χ0) is 4.28. The molecular weight excluding hydrogens is 92.1 g/mol. The minimum Gasteiger partial charge on any atom is -0.569 e. The Bertz CT molecular complexity index is 34.6. The molecule has 0 amide bonds. The standard InChI is InChI=1S/H2N2O2S/c1-5(4)2-3/h1H2. The molecule has 0 radical (unpaired) electrons. The molecule has 0 spiro atoms. The molecule has 0 heterocycles. The van der Waals surface area contributed by atoms with E-state index in [0.717, 1.165) is 0 Å². The highest BCUT2D eigenvalue weighted by Gasteiger charge is 1.86. The lowest BCUT2D eigenvalue weighted by atomic mass is 13.7. The van der Waals surface area contributed by atoms with Crippen LogP contribution in [0.1, 0.15) is 0 Å². The highest BCUT2D eigenvalue weighted by Crippen LogP contribution is 1.69. The molecule has 0 bridgehead atoms. The molecule has 2 N–H and O–H groups in total. The van der Waals surface area contributed by atoms with Gasteiger partial charge in [-0.1, -0.05) is 4.91 Å². The van der Waals surface area contributed by atoms with Crippen LogP contribution in [-0.4, -0.2) is 4.55 Å². The highest BCUT2D eigenvalue weighted by molar-refractivity contribution is 7.87. The first-order chi connectivity index (χ1) is 2.27. The van der Waals surface area contributed by atoms with Crippen molar-refractivity contribution in [3.05, 3.63) is 4.91 Å². The third kappa shape index (κ3) is 3.87. The zero-order valence-electron chi connectivity index (χ0n) is 2.25. The Hall–Kier alpha value is -0.130. The van der Waals surface area contributed by atoms with Crippen molar-refractivity contribution in [3.63, 3.8) is 0 Å². The third-order valence-corrected chi connectivity index (χ3v) is 0.220. The Morgan fingerprint density at radius 2 is 2.20 bits per heavy atom. The molecule has 0 aromatic heterocycles. The Kier molecular flexibility index (Phi) is 2.07. The molecule has 0 aliphatic carbocycles. The van der Waals surface area contributed by atoms with Gasteiger partial charge in [0.2, 0.25) is 11.5 Å². The lowest BCUT2D eigenvalue weighted by Crippen LogP contribution is -2.05. The first-order valence-electron chi connectivity index (χ1n) is 0.768. The van der Waals surface area contributed by atoms with Gasteiger partial charge < -0.3 is 4.55 Å². The molecule has 0 fully saturated rings. The third-order valence-electron chi connectivity index (χ3n) is 0.0735. The largest absolute Gasteiger partial charge is 0.569 e. The van der Waals surface area contributed by atoms with Crippen LogP contribution < -0.4 is 5.14 Å². The summed E-state index contributed by atoms with van der Waals surface area (Å²) in [6, 6.07) is 0. The van der Waals surface area contributed by atoms with E-state index in [1.54, 1.807) is 0 Å². The van der Waals surface area contributed by atoms with E-state index < -0.39 is 11.5 Å². The van der Waals surface area contributed by atoms with Crippen LogP contribution in [0.2, 0.25) is 0 Å². The Labute approximate surface area is 31.8 Å². The van der Waals surface area contributed by atoms with E-state index in [1.807, 2.05) is 4.58 Å². The fourth-order valence-corrected chi connectivity index (χ4v) is 0. The van der Waals surface area contributed by atoms with Crippen LogP contribution in [0.4, 0.5) is 0 Å². The number of rotatable bonds is 1. The van der Waals surface area contributed by atoms with Crippen LogP contribution in [-0.2, 0) is 11.5 Å². The summed E-state index contributed by atoms with van der Waals surface area (Å²) < 4.78 is 11.1. The SMILES string of the molecule is N[S+]([O-])N=O. The van der Waals surface area contributed by atoms with E-state index in [9.17, 15) is 4.55 Å². The fourth-order valence-electron chi connectivity index (χ4n) is 0. The van der Waals surface area contributed by atoms with Crippen molar-refractivity contribution in [1.82, 2.24) is 0 Å². The van der Waals surface area contributed by atoms with Gasteiger partial charge >= 0.3 is 0 Å². The summed E-state index contributed by atoms with van der Waals surface area (Å²) in [4.78, 5) is 8.83. The van der Waals surface area contributed by atoms with E-state index in [1.165, 1.54) is 0 Å². The van der Waals surface area contributed by atoms with Gasteiger partial charge in [0, 0.05) is 0 Å². The Balaban J connectivity index is 2.83. The molecule has 5 heavy (non-hydrogen) atoms. The summed E-state index contributed by atoms with van der Waals surface area (Å²) in [5.41, 5.74) is 0. The van der Waals surface area contributed by atoms with Gasteiger partial charge in [0.1, 0.15) is 0 Å². The maximum absolute atomic E-state index is 9.22. The Morgan fingerprint density at radius 3 is 2.20 bits per heavy atom. The van der Waals surface area contributed by atoms with Gasteiger partial charge in [0.25, 0.3) is 0 Å². The predicted molar refractivity (Wildman–Crippen MR) is 18.1 cm³/mol. The molecule has 0 aliphatic rings. The van der Waals surface area contributed by atoms with Crippen LogP contribution in [0, 0.1) is 4.91 Å². The average Bonchev–Trinajstić information content (AvgIpc) is 1.38. The van der Waals surface area contributed by atoms with Gasteiger partial charge in [-0.25, -0.2) is 0 Å². The Morgan fingerprint density at radius 1 is 2.00 bits per heavy atom. The average molecular weight is 94.1 g/mol. The molecule has 1 atom stereocenters. The molecule has 0 aromatic rings. The van der Waals surface area contributed by atoms with Crippen molar-refractivity contribution in [1.29, 1.82) is 0 Å². The number of hydrogen-bond donors (Lipinski definition) is 1. The smallest absolute Gasteiger partial charge is 0.235 e. The molecule has 5 heteroatoms. The number of hydrogen-bond acceptors (Lipinski definition) is 4. The van der Waals surface area contributed by atoms with Crippen molar-refractivity contribution in [2.24, 2.45) is 9.72 Å². The van der Waals surface area contributed by atoms with Crippen molar-refractivity contribution in [2.75, 3.05) is 0 Å². The monoisotopic (exact) mass is 94.0 g/mol. The van der Waals surface area contributed by atoms with E-state index in [4.69, 9.17) is 4.91 Å². The predicted octanol–water partition coefficient (Wildman–Crippen LogP) is -0.710. The molecule has 0 aromatic carbocycles. The normalized spacial score (nSPS) is 14.0. The summed E-state index contributed by atoms with van der Waals surface area (Å²) in [6.45, 7) is 0. The lowest BCUT2D eigenvalue weighted by Gasteiger charge is -1.78. The van der Waals surface area contributed by atoms with Gasteiger partial charge in [0.15, 0.2) is 4.58 Å². The van der Waals surface area contributed by atoms with Gasteiger partial charge in [-0.15, -0.1) is 5.14 Å². The molecule has 0 aliphatic heterocycles. The lowest BCUT2D eigenvalue weighted by molar-refractivity contribution is 0.598. The van der Waals surface area contributed by atoms with E-state index in [-0.39, 0.29) is 0 Å². The van der Waals surface area contributed by atoms with Gasteiger partial charge in [0.05, 0.1) is 0 Å². The summed E-state index contributed by atoms with van der Waals surface area (Å²) in [5.74, 6) is 0. The van der Waals surface area contributed by atoms with Gasteiger partial charge in [-0.3, -0.25) is 0 Å². The first kappa shape index (κ1) is 4.87. The number of nitrogens with zero attached hydrogens (tertiary/aromatic N) is 1. The topological polar surface area (TPSA) is 78.5 Å². The van der Waals surface area contributed by atoms with Crippen LogP contribution in [0.25, 0.3) is 0 Å². The second-order valence-electron chi connectivity index (χ2n) is 0.351. The maximum Gasteiger partial charge on any atom is 0.235 e. The molecule has 4 nitrogen and oxygen atoms in total. The van der Waals surface area contributed by atoms with Crippen molar-refractivity contribution in [2.45, 2.75) is 0 Å².